The number of alkyl halides is 3. The Balaban J connectivity index is 0.000000300. The fourth-order valence-corrected chi connectivity index (χ4v) is 2.65. The van der Waals surface area contributed by atoms with E-state index in [0.29, 0.717) is 5.75 Å². The monoisotopic (exact) mass is 426 g/mol. The van der Waals surface area contributed by atoms with Gasteiger partial charge in [-0.05, 0) is 42.7 Å². The number of nitrogen functional groups attached to an aromatic ring is 1. The van der Waals surface area contributed by atoms with E-state index in [9.17, 15) is 18.0 Å². The predicted octanol–water partition coefficient (Wildman–Crippen LogP) is 4.49. The standard InChI is InChI=1S/C13H17NO3.C7H6F3N.C2H6/c15-9-11-3-5-12(6-4-11)17-10-13(16)14-7-1-2-8-14;8-7(9,10)5-3-1-2-4-6(5)11;1-2/h3-6,15H,1-2,7-10H2;1-4H,11H2;1-2H3. The lowest BCUT2D eigenvalue weighted by molar-refractivity contribution is -0.137. The molecule has 0 radical (unpaired) electrons. The van der Waals surface area contributed by atoms with Crippen molar-refractivity contribution < 1.29 is 27.8 Å². The van der Waals surface area contributed by atoms with Gasteiger partial charge in [-0.3, -0.25) is 4.79 Å². The molecule has 1 fully saturated rings. The molecule has 0 bridgehead atoms. The molecule has 5 nitrogen and oxygen atoms in total. The van der Waals surface area contributed by atoms with E-state index in [1.807, 2.05) is 18.7 Å². The number of carbonyl (C=O) groups excluding carboxylic acids is 1. The van der Waals surface area contributed by atoms with Crippen LogP contribution in [0.5, 0.6) is 5.75 Å². The molecule has 8 heteroatoms. The van der Waals surface area contributed by atoms with Gasteiger partial charge >= 0.3 is 6.18 Å². The molecule has 1 aliphatic heterocycles. The molecule has 3 N–H and O–H groups in total. The van der Waals surface area contributed by atoms with Gasteiger partial charge in [-0.25, -0.2) is 0 Å². The van der Waals surface area contributed by atoms with Crippen molar-refractivity contribution in [2.75, 3.05) is 25.4 Å². The van der Waals surface area contributed by atoms with E-state index in [1.54, 1.807) is 24.3 Å². The Hall–Kier alpha value is -2.74. The number of hydrogen-bond donors (Lipinski definition) is 2. The van der Waals surface area contributed by atoms with Gasteiger partial charge in [0.05, 0.1) is 12.2 Å². The van der Waals surface area contributed by atoms with Crippen molar-refractivity contribution >= 4 is 11.6 Å². The molecule has 2 aromatic carbocycles. The van der Waals surface area contributed by atoms with Gasteiger partial charge in [0.15, 0.2) is 6.61 Å². The lowest BCUT2D eigenvalue weighted by atomic mass is 10.2. The number of aliphatic hydroxyl groups excluding tert-OH is 1. The van der Waals surface area contributed by atoms with Crippen molar-refractivity contribution in [2.45, 2.75) is 39.5 Å². The molecule has 1 saturated heterocycles. The summed E-state index contributed by atoms with van der Waals surface area (Å²) in [6.07, 6.45) is -2.15. The second kappa shape index (κ2) is 12.7. The third-order valence-electron chi connectivity index (χ3n) is 4.19. The number of amides is 1. The zero-order valence-electron chi connectivity index (χ0n) is 17.3. The van der Waals surface area contributed by atoms with Crippen LogP contribution in [0.1, 0.15) is 37.8 Å². The molecule has 3 rings (SSSR count). The predicted molar refractivity (Wildman–Crippen MR) is 111 cm³/mol. The Bertz CT molecular complexity index is 759. The van der Waals surface area contributed by atoms with E-state index < -0.39 is 11.7 Å². The SMILES string of the molecule is CC.Nc1ccccc1C(F)(F)F.O=C(COc1ccc(CO)cc1)N1CCCC1. The summed E-state index contributed by atoms with van der Waals surface area (Å²) in [7, 11) is 0. The van der Waals surface area contributed by atoms with Crippen LogP contribution < -0.4 is 10.5 Å². The summed E-state index contributed by atoms with van der Waals surface area (Å²) in [4.78, 5) is 13.5. The quantitative estimate of drug-likeness (QED) is 0.706. The van der Waals surface area contributed by atoms with Crippen LogP contribution in [-0.4, -0.2) is 35.6 Å². The molecule has 0 aromatic heterocycles. The van der Waals surface area contributed by atoms with Gasteiger partial charge in [0.25, 0.3) is 5.91 Å². The second-order valence-corrected chi connectivity index (χ2v) is 6.26. The van der Waals surface area contributed by atoms with Crippen molar-refractivity contribution in [1.82, 2.24) is 4.90 Å². The third kappa shape index (κ3) is 8.32. The van der Waals surface area contributed by atoms with Crippen molar-refractivity contribution in [3.63, 3.8) is 0 Å². The number of halogens is 3. The number of nitrogens with two attached hydrogens (primary N) is 1. The van der Waals surface area contributed by atoms with Crippen LogP contribution in [0.3, 0.4) is 0 Å². The van der Waals surface area contributed by atoms with E-state index in [2.05, 4.69) is 0 Å². The van der Waals surface area contributed by atoms with Crippen molar-refractivity contribution in [1.29, 1.82) is 0 Å². The summed E-state index contributed by atoms with van der Waals surface area (Å²) in [6, 6.07) is 12.1. The smallest absolute Gasteiger partial charge is 0.418 e. The highest BCUT2D eigenvalue weighted by Crippen LogP contribution is 2.32. The summed E-state index contributed by atoms with van der Waals surface area (Å²) >= 11 is 0. The van der Waals surface area contributed by atoms with Crippen molar-refractivity contribution in [2.24, 2.45) is 0 Å². The number of carbonyl (C=O) groups is 1. The molecule has 1 aliphatic rings. The fraction of sp³-hybridized carbons (Fsp3) is 0.409. The van der Waals surface area contributed by atoms with Gasteiger partial charge in [0.1, 0.15) is 5.75 Å². The summed E-state index contributed by atoms with van der Waals surface area (Å²) in [5, 5.41) is 8.89. The molecule has 0 unspecified atom stereocenters. The Morgan fingerprint density at radius 3 is 2.10 bits per heavy atom. The van der Waals surface area contributed by atoms with Crippen LogP contribution in [0, 0.1) is 0 Å². The topological polar surface area (TPSA) is 75.8 Å². The number of anilines is 1. The number of hydrogen-bond acceptors (Lipinski definition) is 4. The Morgan fingerprint density at radius 2 is 1.63 bits per heavy atom. The first-order chi connectivity index (χ1) is 14.3. The van der Waals surface area contributed by atoms with E-state index in [-0.39, 0.29) is 24.8 Å². The maximum Gasteiger partial charge on any atom is 0.418 e. The summed E-state index contributed by atoms with van der Waals surface area (Å²) < 4.78 is 41.3. The van der Waals surface area contributed by atoms with Gasteiger partial charge in [-0.15, -0.1) is 0 Å². The zero-order chi connectivity index (χ0) is 22.6. The minimum absolute atomic E-state index is 0.0208. The first-order valence-corrected chi connectivity index (χ1v) is 9.83. The Morgan fingerprint density at radius 1 is 1.07 bits per heavy atom. The van der Waals surface area contributed by atoms with Gasteiger partial charge in [-0.1, -0.05) is 38.1 Å². The lowest BCUT2D eigenvalue weighted by Crippen LogP contribution is -2.32. The van der Waals surface area contributed by atoms with E-state index in [1.165, 1.54) is 18.2 Å². The number of para-hydroxylation sites is 1. The molecule has 30 heavy (non-hydrogen) atoms. The Labute approximate surface area is 175 Å². The van der Waals surface area contributed by atoms with Crippen LogP contribution in [0.25, 0.3) is 0 Å². The molecule has 1 amide bonds. The molecule has 0 spiro atoms. The number of benzene rings is 2. The highest BCUT2D eigenvalue weighted by molar-refractivity contribution is 5.78. The van der Waals surface area contributed by atoms with Gasteiger partial charge < -0.3 is 20.5 Å². The summed E-state index contributed by atoms with van der Waals surface area (Å²) in [6.45, 7) is 5.82. The van der Waals surface area contributed by atoms with E-state index >= 15 is 0 Å². The second-order valence-electron chi connectivity index (χ2n) is 6.26. The van der Waals surface area contributed by atoms with Gasteiger partial charge in [0.2, 0.25) is 0 Å². The number of ether oxygens (including phenoxy) is 1. The highest BCUT2D eigenvalue weighted by Gasteiger charge is 2.32. The van der Waals surface area contributed by atoms with E-state index in [4.69, 9.17) is 15.6 Å². The zero-order valence-corrected chi connectivity index (χ0v) is 17.3. The molecule has 0 aliphatic carbocycles. The number of aliphatic hydroxyl groups is 1. The minimum Gasteiger partial charge on any atom is -0.484 e. The fourth-order valence-electron chi connectivity index (χ4n) is 2.65. The molecule has 1 heterocycles. The molecule has 0 atom stereocenters. The average molecular weight is 426 g/mol. The van der Waals surface area contributed by atoms with Crippen LogP contribution in [0.4, 0.5) is 18.9 Å². The summed E-state index contributed by atoms with van der Waals surface area (Å²) in [5.41, 5.74) is 4.91. The Kier molecular flexibility index (Phi) is 10.7. The molecular formula is C22H29F3N2O3. The number of likely N-dealkylation sites (tertiary alicyclic amines) is 1. The maximum atomic E-state index is 12.0. The molecular weight excluding hydrogens is 397 g/mol. The van der Waals surface area contributed by atoms with Crippen LogP contribution in [0.2, 0.25) is 0 Å². The first kappa shape index (κ1) is 25.3. The van der Waals surface area contributed by atoms with Gasteiger partial charge in [-0.2, -0.15) is 13.2 Å². The minimum atomic E-state index is -4.34. The van der Waals surface area contributed by atoms with E-state index in [0.717, 1.165) is 37.6 Å². The lowest BCUT2D eigenvalue weighted by Gasteiger charge is -2.15. The molecule has 2 aromatic rings. The van der Waals surface area contributed by atoms with Gasteiger partial charge in [0, 0.05) is 18.8 Å². The largest absolute Gasteiger partial charge is 0.484 e. The van der Waals surface area contributed by atoms with Crippen molar-refractivity contribution in [3.05, 3.63) is 59.7 Å². The number of nitrogens with zero attached hydrogens (tertiary/aromatic N) is 1. The maximum absolute atomic E-state index is 12.0. The highest BCUT2D eigenvalue weighted by atomic mass is 19.4. The van der Waals surface area contributed by atoms with Crippen LogP contribution >= 0.6 is 0 Å². The van der Waals surface area contributed by atoms with Crippen molar-refractivity contribution in [3.8, 4) is 5.75 Å². The van der Waals surface area contributed by atoms with Crippen LogP contribution in [-0.2, 0) is 17.6 Å². The first-order valence-electron chi connectivity index (χ1n) is 9.83. The number of rotatable bonds is 4. The molecule has 166 valence electrons. The third-order valence-corrected chi connectivity index (χ3v) is 4.19. The summed E-state index contributed by atoms with van der Waals surface area (Å²) in [5.74, 6) is 0.712. The molecule has 0 saturated carbocycles. The average Bonchev–Trinajstić information content (AvgIpc) is 3.29. The van der Waals surface area contributed by atoms with Crippen LogP contribution in [0.15, 0.2) is 48.5 Å². The normalized spacial score (nSPS) is 12.9.